The molecule has 7 heteroatoms. The van der Waals surface area contributed by atoms with Gasteiger partial charge in [-0.05, 0) is 43.6 Å². The van der Waals surface area contributed by atoms with Gasteiger partial charge >= 0.3 is 0 Å². The lowest BCUT2D eigenvalue weighted by molar-refractivity contribution is 0.419. The van der Waals surface area contributed by atoms with Gasteiger partial charge in [0.05, 0.1) is 0 Å². The third-order valence-electron chi connectivity index (χ3n) is 4.24. The molecule has 2 atom stereocenters. The van der Waals surface area contributed by atoms with Crippen LogP contribution in [0.2, 0.25) is 0 Å². The highest BCUT2D eigenvalue weighted by Gasteiger charge is 2.21. The number of nitrogens with zero attached hydrogens (tertiary/aromatic N) is 1. The number of guanidine groups is 1. The summed E-state index contributed by atoms with van der Waals surface area (Å²) in [4.78, 5) is 4.22. The van der Waals surface area contributed by atoms with Gasteiger partial charge < -0.3 is 10.6 Å². The molecule has 0 radical (unpaired) electrons. The highest BCUT2D eigenvalue weighted by molar-refractivity contribution is 14.0. The molecule has 0 saturated heterocycles. The van der Waals surface area contributed by atoms with Crippen LogP contribution in [0, 0.1) is 11.6 Å². The summed E-state index contributed by atoms with van der Waals surface area (Å²) >= 11 is 1.92. The lowest BCUT2D eigenvalue weighted by atomic mass is 9.95. The van der Waals surface area contributed by atoms with E-state index in [1.807, 2.05) is 11.8 Å². The summed E-state index contributed by atoms with van der Waals surface area (Å²) < 4.78 is 26.8. The zero-order chi connectivity index (χ0) is 16.7. The second-order valence-corrected chi connectivity index (χ2v) is 6.97. The highest BCUT2D eigenvalue weighted by atomic mass is 127. The number of aliphatic imine (C=N–C) groups is 1. The molecule has 0 amide bonds. The molecule has 1 aromatic carbocycles. The molecule has 2 unspecified atom stereocenters. The van der Waals surface area contributed by atoms with E-state index in [0.29, 0.717) is 29.8 Å². The fourth-order valence-electron chi connectivity index (χ4n) is 2.94. The Kier molecular flexibility index (Phi) is 9.95. The van der Waals surface area contributed by atoms with Crippen molar-refractivity contribution in [3.63, 3.8) is 0 Å². The van der Waals surface area contributed by atoms with Gasteiger partial charge in [0.15, 0.2) is 17.6 Å². The van der Waals surface area contributed by atoms with Gasteiger partial charge in [-0.1, -0.05) is 18.6 Å². The molecule has 2 N–H and O–H groups in total. The van der Waals surface area contributed by atoms with Crippen molar-refractivity contribution in [2.45, 2.75) is 43.4 Å². The van der Waals surface area contributed by atoms with Crippen molar-refractivity contribution < 1.29 is 8.78 Å². The molecule has 0 aromatic heterocycles. The van der Waals surface area contributed by atoms with Crippen LogP contribution in [0.1, 0.15) is 31.2 Å². The fraction of sp³-hybridized carbons (Fsp3) is 0.588. The van der Waals surface area contributed by atoms with Gasteiger partial charge in [-0.3, -0.25) is 4.99 Å². The molecule has 1 fully saturated rings. The molecule has 136 valence electrons. The van der Waals surface area contributed by atoms with Crippen molar-refractivity contribution in [2.24, 2.45) is 4.99 Å². The molecule has 1 aliphatic carbocycles. The minimum absolute atomic E-state index is 0. The van der Waals surface area contributed by atoms with Crippen LogP contribution in [0.4, 0.5) is 8.78 Å². The van der Waals surface area contributed by atoms with Crippen LogP contribution >= 0.6 is 35.7 Å². The van der Waals surface area contributed by atoms with E-state index >= 15 is 0 Å². The van der Waals surface area contributed by atoms with Crippen molar-refractivity contribution in [1.29, 1.82) is 0 Å². The third-order valence-corrected chi connectivity index (χ3v) is 5.34. The number of rotatable bonds is 5. The third kappa shape index (κ3) is 6.38. The normalized spacial score (nSPS) is 21.1. The van der Waals surface area contributed by atoms with Crippen LogP contribution in [-0.4, -0.2) is 37.1 Å². The summed E-state index contributed by atoms with van der Waals surface area (Å²) in [6.45, 7) is 0.513. The maximum Gasteiger partial charge on any atom is 0.191 e. The van der Waals surface area contributed by atoms with Crippen molar-refractivity contribution in [3.8, 4) is 0 Å². The molecule has 1 saturated carbocycles. The minimum Gasteiger partial charge on any atom is -0.356 e. The first-order valence-corrected chi connectivity index (χ1v) is 9.35. The first kappa shape index (κ1) is 21.5. The lowest BCUT2D eigenvalue weighted by Gasteiger charge is -2.29. The summed E-state index contributed by atoms with van der Waals surface area (Å²) in [6, 6.07) is 4.71. The predicted octanol–water partition coefficient (Wildman–Crippen LogP) is 3.96. The Morgan fingerprint density at radius 2 is 2.12 bits per heavy atom. The van der Waals surface area contributed by atoms with E-state index in [0.717, 1.165) is 24.9 Å². The Hall–Kier alpha value is -0.570. The molecule has 0 heterocycles. The Balaban J connectivity index is 0.00000288. The highest BCUT2D eigenvalue weighted by Crippen LogP contribution is 2.26. The standard InChI is InChI=1S/C17H25F2N3S.HI/c1-20-17(22-13-6-4-7-14(11-13)23-2)21-10-9-12-5-3-8-15(18)16(12)19;/h3,5,8,13-14H,4,6-7,9-11H2,1-2H3,(H2,20,21,22);1H. The second-order valence-electron chi connectivity index (χ2n) is 5.83. The Labute approximate surface area is 164 Å². The number of thioether (sulfide) groups is 1. The molecule has 1 aromatic rings. The minimum atomic E-state index is -0.796. The van der Waals surface area contributed by atoms with E-state index in [9.17, 15) is 8.78 Å². The van der Waals surface area contributed by atoms with Gasteiger partial charge in [-0.25, -0.2) is 8.78 Å². The quantitative estimate of drug-likeness (QED) is 0.390. The van der Waals surface area contributed by atoms with Gasteiger partial charge in [0, 0.05) is 24.9 Å². The molecule has 0 bridgehead atoms. The van der Waals surface area contributed by atoms with Crippen molar-refractivity contribution >= 4 is 41.7 Å². The molecule has 24 heavy (non-hydrogen) atoms. The monoisotopic (exact) mass is 469 g/mol. The van der Waals surface area contributed by atoms with Crippen LogP contribution in [0.5, 0.6) is 0 Å². The van der Waals surface area contributed by atoms with Crippen LogP contribution in [0.15, 0.2) is 23.2 Å². The van der Waals surface area contributed by atoms with Crippen molar-refractivity contribution in [1.82, 2.24) is 10.6 Å². The lowest BCUT2D eigenvalue weighted by Crippen LogP contribution is -2.46. The van der Waals surface area contributed by atoms with E-state index in [2.05, 4.69) is 21.9 Å². The van der Waals surface area contributed by atoms with Crippen LogP contribution in [0.3, 0.4) is 0 Å². The number of hydrogen-bond acceptors (Lipinski definition) is 2. The van der Waals surface area contributed by atoms with Crippen LogP contribution < -0.4 is 10.6 Å². The Bertz CT molecular complexity index is 543. The zero-order valence-corrected chi connectivity index (χ0v) is 17.3. The maximum absolute atomic E-state index is 13.6. The summed E-state index contributed by atoms with van der Waals surface area (Å²) in [5.74, 6) is -0.823. The summed E-state index contributed by atoms with van der Waals surface area (Å²) in [7, 11) is 1.73. The molecular formula is C17H26F2IN3S. The largest absolute Gasteiger partial charge is 0.356 e. The van der Waals surface area contributed by atoms with Gasteiger partial charge in [0.2, 0.25) is 0 Å². The molecule has 0 spiro atoms. The van der Waals surface area contributed by atoms with Crippen LogP contribution in [-0.2, 0) is 6.42 Å². The number of benzene rings is 1. The Morgan fingerprint density at radius 3 is 2.83 bits per heavy atom. The molecule has 1 aliphatic rings. The van der Waals surface area contributed by atoms with Crippen LogP contribution in [0.25, 0.3) is 0 Å². The topological polar surface area (TPSA) is 36.4 Å². The van der Waals surface area contributed by atoms with Gasteiger partial charge in [0.1, 0.15) is 0 Å². The predicted molar refractivity (Wildman–Crippen MR) is 110 cm³/mol. The van der Waals surface area contributed by atoms with Gasteiger partial charge in [-0.15, -0.1) is 24.0 Å². The average Bonchev–Trinajstić information content (AvgIpc) is 2.58. The maximum atomic E-state index is 13.6. The van der Waals surface area contributed by atoms with E-state index in [1.54, 1.807) is 13.1 Å². The van der Waals surface area contributed by atoms with E-state index in [1.165, 1.54) is 18.9 Å². The van der Waals surface area contributed by atoms with Crippen molar-refractivity contribution in [2.75, 3.05) is 19.8 Å². The van der Waals surface area contributed by atoms with E-state index in [-0.39, 0.29) is 24.0 Å². The molecule has 0 aliphatic heterocycles. The first-order valence-electron chi connectivity index (χ1n) is 8.07. The first-order chi connectivity index (χ1) is 11.1. The number of halogens is 3. The fourth-order valence-corrected chi connectivity index (χ4v) is 3.76. The molecule has 2 rings (SSSR count). The van der Waals surface area contributed by atoms with Gasteiger partial charge in [0.25, 0.3) is 0 Å². The van der Waals surface area contributed by atoms with E-state index < -0.39 is 11.6 Å². The summed E-state index contributed by atoms with van der Waals surface area (Å²) in [6.07, 6.45) is 7.38. The molecular weight excluding hydrogens is 443 g/mol. The van der Waals surface area contributed by atoms with Crippen molar-refractivity contribution in [3.05, 3.63) is 35.4 Å². The Morgan fingerprint density at radius 1 is 1.33 bits per heavy atom. The number of hydrogen-bond donors (Lipinski definition) is 2. The smallest absolute Gasteiger partial charge is 0.191 e. The number of nitrogens with one attached hydrogen (secondary N) is 2. The summed E-state index contributed by atoms with van der Waals surface area (Å²) in [5, 5.41) is 7.34. The second kappa shape index (κ2) is 11.1. The SMILES string of the molecule is CN=C(NCCc1cccc(F)c1F)NC1CCCC(SC)C1.I. The summed E-state index contributed by atoms with van der Waals surface area (Å²) in [5.41, 5.74) is 0.382. The zero-order valence-electron chi connectivity index (χ0n) is 14.1. The molecule has 3 nitrogen and oxygen atoms in total. The van der Waals surface area contributed by atoms with E-state index in [4.69, 9.17) is 0 Å². The average molecular weight is 469 g/mol. The van der Waals surface area contributed by atoms with Gasteiger partial charge in [-0.2, -0.15) is 11.8 Å².